The second kappa shape index (κ2) is 7.04. The van der Waals surface area contributed by atoms with E-state index in [1.807, 2.05) is 39.0 Å². The summed E-state index contributed by atoms with van der Waals surface area (Å²) in [7, 11) is 0. The number of benzene rings is 1. The SMILES string of the molecule is CC(C)(C)OC(=O)N1CCCc2cc(NC(=O)[C@@H]3CCCO3)ccc21. The van der Waals surface area contributed by atoms with Gasteiger partial charge in [-0.1, -0.05) is 0 Å². The fourth-order valence-corrected chi connectivity index (χ4v) is 3.19. The molecule has 0 spiro atoms. The lowest BCUT2D eigenvalue weighted by Crippen LogP contribution is -2.39. The first-order chi connectivity index (χ1) is 11.8. The molecule has 3 rings (SSSR count). The van der Waals surface area contributed by atoms with Crippen LogP contribution in [0.5, 0.6) is 0 Å². The van der Waals surface area contributed by atoms with Crippen LogP contribution >= 0.6 is 0 Å². The van der Waals surface area contributed by atoms with Crippen molar-refractivity contribution in [3.8, 4) is 0 Å². The Morgan fingerprint density at radius 1 is 1.28 bits per heavy atom. The Bertz CT molecular complexity index is 660. The molecule has 2 heterocycles. The van der Waals surface area contributed by atoms with Gasteiger partial charge < -0.3 is 14.8 Å². The van der Waals surface area contributed by atoms with Crippen molar-refractivity contribution in [2.24, 2.45) is 0 Å². The van der Waals surface area contributed by atoms with E-state index in [1.54, 1.807) is 4.90 Å². The van der Waals surface area contributed by atoms with Gasteiger partial charge in [0.15, 0.2) is 0 Å². The van der Waals surface area contributed by atoms with Gasteiger partial charge >= 0.3 is 6.09 Å². The number of rotatable bonds is 2. The number of amides is 2. The number of fused-ring (bicyclic) bond motifs is 1. The third-order valence-corrected chi connectivity index (χ3v) is 4.30. The average molecular weight is 346 g/mol. The molecule has 1 atom stereocenters. The van der Waals surface area contributed by atoms with Crippen LogP contribution in [0.4, 0.5) is 16.2 Å². The Kier molecular flexibility index (Phi) is 4.99. The van der Waals surface area contributed by atoms with Gasteiger partial charge in [0.1, 0.15) is 11.7 Å². The lowest BCUT2D eigenvalue weighted by atomic mass is 10.0. The van der Waals surface area contributed by atoms with Crippen LogP contribution in [0.15, 0.2) is 18.2 Å². The monoisotopic (exact) mass is 346 g/mol. The third kappa shape index (κ3) is 4.31. The van der Waals surface area contributed by atoms with Gasteiger partial charge in [-0.2, -0.15) is 0 Å². The standard InChI is InChI=1S/C19H26N2O4/c1-19(2,3)25-18(23)21-10-4-6-13-12-14(8-9-15(13)21)20-17(22)16-7-5-11-24-16/h8-9,12,16H,4-7,10-11H2,1-3H3,(H,20,22)/t16-/m0/s1. The molecule has 1 aromatic rings. The van der Waals surface area contributed by atoms with Crippen molar-refractivity contribution in [3.05, 3.63) is 23.8 Å². The molecule has 25 heavy (non-hydrogen) atoms. The lowest BCUT2D eigenvalue weighted by molar-refractivity contribution is -0.124. The normalized spacial score (nSPS) is 20.1. The third-order valence-electron chi connectivity index (χ3n) is 4.30. The zero-order chi connectivity index (χ0) is 18.0. The largest absolute Gasteiger partial charge is 0.443 e. The number of hydrogen-bond acceptors (Lipinski definition) is 4. The summed E-state index contributed by atoms with van der Waals surface area (Å²) < 4.78 is 10.9. The van der Waals surface area contributed by atoms with Gasteiger partial charge in [-0.3, -0.25) is 9.69 Å². The molecule has 1 saturated heterocycles. The number of ether oxygens (including phenoxy) is 2. The van der Waals surface area contributed by atoms with Gasteiger partial charge in [0.2, 0.25) is 0 Å². The zero-order valence-electron chi connectivity index (χ0n) is 15.1. The Morgan fingerprint density at radius 2 is 2.08 bits per heavy atom. The smallest absolute Gasteiger partial charge is 0.414 e. The summed E-state index contributed by atoms with van der Waals surface area (Å²) in [6, 6.07) is 5.65. The fraction of sp³-hybridized carbons (Fsp3) is 0.579. The first-order valence-electron chi connectivity index (χ1n) is 8.89. The van der Waals surface area contributed by atoms with Crippen molar-refractivity contribution < 1.29 is 19.1 Å². The van der Waals surface area contributed by atoms with Crippen LogP contribution in [0.3, 0.4) is 0 Å². The summed E-state index contributed by atoms with van der Waals surface area (Å²) in [5.41, 5.74) is 2.12. The van der Waals surface area contributed by atoms with E-state index in [-0.39, 0.29) is 18.1 Å². The van der Waals surface area contributed by atoms with Crippen LogP contribution in [-0.4, -0.2) is 36.9 Å². The number of anilines is 2. The van der Waals surface area contributed by atoms with E-state index in [0.29, 0.717) is 13.2 Å². The molecule has 1 N–H and O–H groups in total. The van der Waals surface area contributed by atoms with Gasteiger partial charge in [0, 0.05) is 18.8 Å². The molecule has 6 heteroatoms. The van der Waals surface area contributed by atoms with Crippen LogP contribution in [0, 0.1) is 0 Å². The number of nitrogens with zero attached hydrogens (tertiary/aromatic N) is 1. The number of nitrogens with one attached hydrogen (secondary N) is 1. The topological polar surface area (TPSA) is 67.9 Å². The molecule has 0 unspecified atom stereocenters. The Balaban J connectivity index is 1.73. The molecule has 0 aromatic heterocycles. The molecule has 0 bridgehead atoms. The molecule has 0 radical (unpaired) electrons. The second-order valence-corrected chi connectivity index (χ2v) is 7.57. The van der Waals surface area contributed by atoms with Crippen LogP contribution < -0.4 is 10.2 Å². The summed E-state index contributed by atoms with van der Waals surface area (Å²) >= 11 is 0. The molecule has 6 nitrogen and oxygen atoms in total. The van der Waals surface area contributed by atoms with Crippen molar-refractivity contribution in [1.29, 1.82) is 0 Å². The summed E-state index contributed by atoms with van der Waals surface area (Å²) in [4.78, 5) is 26.3. The molecule has 1 fully saturated rings. The van der Waals surface area contributed by atoms with E-state index in [2.05, 4.69) is 5.32 Å². The molecule has 136 valence electrons. The minimum absolute atomic E-state index is 0.0998. The van der Waals surface area contributed by atoms with Gasteiger partial charge in [0.25, 0.3) is 5.91 Å². The highest BCUT2D eigenvalue weighted by atomic mass is 16.6. The van der Waals surface area contributed by atoms with Crippen molar-refractivity contribution in [2.75, 3.05) is 23.4 Å². The maximum atomic E-state index is 12.4. The molecule has 1 aromatic carbocycles. The Labute approximate surface area is 148 Å². The van der Waals surface area contributed by atoms with E-state index in [9.17, 15) is 9.59 Å². The summed E-state index contributed by atoms with van der Waals surface area (Å²) in [5, 5.41) is 2.92. The van der Waals surface area contributed by atoms with E-state index < -0.39 is 5.60 Å². The second-order valence-electron chi connectivity index (χ2n) is 7.57. The first-order valence-corrected chi connectivity index (χ1v) is 8.89. The molecule has 2 amide bonds. The highest BCUT2D eigenvalue weighted by molar-refractivity contribution is 5.95. The van der Waals surface area contributed by atoms with Crippen molar-refractivity contribution in [3.63, 3.8) is 0 Å². The van der Waals surface area contributed by atoms with Gasteiger partial charge in [-0.25, -0.2) is 4.79 Å². The Hall–Kier alpha value is -2.08. The molecule has 0 aliphatic carbocycles. The highest BCUT2D eigenvalue weighted by Gasteiger charge is 2.28. The minimum Gasteiger partial charge on any atom is -0.443 e. The van der Waals surface area contributed by atoms with E-state index in [4.69, 9.17) is 9.47 Å². The maximum absolute atomic E-state index is 12.4. The van der Waals surface area contributed by atoms with Gasteiger partial charge in [0.05, 0.1) is 5.69 Å². The molecule has 0 saturated carbocycles. The van der Waals surface area contributed by atoms with Crippen molar-refractivity contribution in [1.82, 2.24) is 0 Å². The predicted octanol–water partition coefficient (Wildman–Crippen LogP) is 3.49. The van der Waals surface area contributed by atoms with Crippen LogP contribution in [0.1, 0.15) is 45.6 Å². The summed E-state index contributed by atoms with van der Waals surface area (Å²) in [5.74, 6) is -0.0998. The quantitative estimate of drug-likeness (QED) is 0.890. The summed E-state index contributed by atoms with van der Waals surface area (Å²) in [6.45, 7) is 6.87. The zero-order valence-corrected chi connectivity index (χ0v) is 15.1. The average Bonchev–Trinajstić information content (AvgIpc) is 3.07. The lowest BCUT2D eigenvalue weighted by Gasteiger charge is -2.32. The van der Waals surface area contributed by atoms with Crippen molar-refractivity contribution >= 4 is 23.4 Å². The van der Waals surface area contributed by atoms with Gasteiger partial charge in [-0.15, -0.1) is 0 Å². The first kappa shape index (κ1) is 17.7. The highest BCUT2D eigenvalue weighted by Crippen LogP contribution is 2.31. The number of hydrogen-bond donors (Lipinski definition) is 1. The van der Waals surface area contributed by atoms with Crippen LogP contribution in [0.2, 0.25) is 0 Å². The van der Waals surface area contributed by atoms with Crippen LogP contribution in [-0.2, 0) is 20.7 Å². The molecule has 2 aliphatic heterocycles. The molecular formula is C19H26N2O4. The van der Waals surface area contributed by atoms with Crippen molar-refractivity contribution in [2.45, 2.75) is 58.2 Å². The van der Waals surface area contributed by atoms with E-state index in [1.165, 1.54) is 0 Å². The fourth-order valence-electron chi connectivity index (χ4n) is 3.19. The molecule has 2 aliphatic rings. The van der Waals surface area contributed by atoms with E-state index >= 15 is 0 Å². The number of carbonyl (C=O) groups excluding carboxylic acids is 2. The number of aryl methyl sites for hydroxylation is 1. The van der Waals surface area contributed by atoms with E-state index in [0.717, 1.165) is 42.6 Å². The minimum atomic E-state index is -0.524. The Morgan fingerprint density at radius 3 is 2.76 bits per heavy atom. The number of carbonyl (C=O) groups is 2. The maximum Gasteiger partial charge on any atom is 0.414 e. The molecular weight excluding hydrogens is 320 g/mol. The van der Waals surface area contributed by atoms with Gasteiger partial charge in [-0.05, 0) is 70.2 Å². The van der Waals surface area contributed by atoms with Crippen LogP contribution in [0.25, 0.3) is 0 Å². The summed E-state index contributed by atoms with van der Waals surface area (Å²) in [6.07, 6.45) is 2.75. The predicted molar refractivity (Wildman–Crippen MR) is 95.9 cm³/mol.